The van der Waals surface area contributed by atoms with Gasteiger partial charge in [0.05, 0.1) is 5.69 Å². The van der Waals surface area contributed by atoms with Crippen LogP contribution in [0.1, 0.15) is 12.1 Å². The van der Waals surface area contributed by atoms with Crippen molar-refractivity contribution in [3.63, 3.8) is 0 Å². The number of aliphatic hydroxyl groups excluding tert-OH is 1. The Hall–Kier alpha value is -1.62. The zero-order valence-electron chi connectivity index (χ0n) is 8.35. The van der Waals surface area contributed by atoms with Gasteiger partial charge in [0.25, 0.3) is 0 Å². The van der Waals surface area contributed by atoms with Crippen molar-refractivity contribution in [1.82, 2.24) is 10.3 Å². The average molecular weight is 210 g/mol. The molecular formula is C10H14N2O3. The number of aliphatic hydroxyl groups is 1. The fourth-order valence-corrected chi connectivity index (χ4v) is 0.944. The standard InChI is InChI=1S/C10H14N2O3/c13-7-3-6-12-10(14)15-8-9-4-1-2-5-11-9/h1-2,4-5,13H,3,6-8H2,(H,12,14). The Kier molecular flexibility index (Phi) is 5.18. The molecule has 0 bridgehead atoms. The van der Waals surface area contributed by atoms with Crippen LogP contribution < -0.4 is 5.32 Å². The molecule has 0 aliphatic carbocycles. The number of carbonyl (C=O) groups excluding carboxylic acids is 1. The van der Waals surface area contributed by atoms with Crippen molar-refractivity contribution in [2.24, 2.45) is 0 Å². The van der Waals surface area contributed by atoms with Crippen LogP contribution in [0.4, 0.5) is 4.79 Å². The number of hydrogen-bond acceptors (Lipinski definition) is 4. The van der Waals surface area contributed by atoms with Crippen molar-refractivity contribution < 1.29 is 14.6 Å². The number of rotatable bonds is 5. The molecule has 0 aromatic carbocycles. The molecule has 0 saturated heterocycles. The molecule has 1 amide bonds. The zero-order chi connectivity index (χ0) is 10.9. The molecule has 0 unspecified atom stereocenters. The van der Waals surface area contributed by atoms with Gasteiger partial charge in [0.15, 0.2) is 0 Å². The van der Waals surface area contributed by atoms with Crippen LogP contribution in [0.5, 0.6) is 0 Å². The predicted octanol–water partition coefficient (Wildman–Crippen LogP) is 0.690. The van der Waals surface area contributed by atoms with Crippen LogP contribution in [-0.2, 0) is 11.3 Å². The molecule has 0 atom stereocenters. The van der Waals surface area contributed by atoms with Gasteiger partial charge >= 0.3 is 6.09 Å². The number of aromatic nitrogens is 1. The molecule has 0 aliphatic rings. The van der Waals surface area contributed by atoms with Crippen LogP contribution in [0.3, 0.4) is 0 Å². The Bertz CT molecular complexity index is 290. The number of alkyl carbamates (subject to hydrolysis) is 1. The summed E-state index contributed by atoms with van der Waals surface area (Å²) in [5.41, 5.74) is 0.704. The van der Waals surface area contributed by atoms with Gasteiger partial charge in [0.1, 0.15) is 6.61 Å². The quantitative estimate of drug-likeness (QED) is 0.701. The molecule has 0 fully saturated rings. The van der Waals surface area contributed by atoms with E-state index in [0.717, 1.165) is 0 Å². The van der Waals surface area contributed by atoms with Crippen molar-refractivity contribution in [3.8, 4) is 0 Å². The summed E-state index contributed by atoms with van der Waals surface area (Å²) in [4.78, 5) is 15.1. The fraction of sp³-hybridized carbons (Fsp3) is 0.400. The van der Waals surface area contributed by atoms with Crippen LogP contribution in [0.15, 0.2) is 24.4 Å². The van der Waals surface area contributed by atoms with E-state index in [4.69, 9.17) is 9.84 Å². The maximum Gasteiger partial charge on any atom is 0.407 e. The highest BCUT2D eigenvalue weighted by atomic mass is 16.5. The van der Waals surface area contributed by atoms with Gasteiger partial charge in [-0.05, 0) is 18.6 Å². The summed E-state index contributed by atoms with van der Waals surface area (Å²) >= 11 is 0. The van der Waals surface area contributed by atoms with Crippen molar-refractivity contribution in [1.29, 1.82) is 0 Å². The van der Waals surface area contributed by atoms with Gasteiger partial charge in [-0.25, -0.2) is 4.79 Å². The van der Waals surface area contributed by atoms with Gasteiger partial charge in [0.2, 0.25) is 0 Å². The van der Waals surface area contributed by atoms with Gasteiger partial charge < -0.3 is 15.2 Å². The Balaban J connectivity index is 2.17. The van der Waals surface area contributed by atoms with E-state index in [1.54, 1.807) is 18.3 Å². The molecule has 0 radical (unpaired) electrons. The summed E-state index contributed by atoms with van der Waals surface area (Å²) in [6, 6.07) is 5.40. The lowest BCUT2D eigenvalue weighted by atomic mass is 10.4. The second-order valence-electron chi connectivity index (χ2n) is 2.90. The number of hydrogen-bond donors (Lipinski definition) is 2. The average Bonchev–Trinajstić information content (AvgIpc) is 2.28. The molecule has 82 valence electrons. The first-order valence-electron chi connectivity index (χ1n) is 4.74. The summed E-state index contributed by atoms with van der Waals surface area (Å²) in [6.07, 6.45) is 1.68. The third kappa shape index (κ3) is 4.97. The van der Waals surface area contributed by atoms with Crippen LogP contribution in [-0.4, -0.2) is 29.3 Å². The number of nitrogens with zero attached hydrogens (tertiary/aromatic N) is 1. The molecule has 15 heavy (non-hydrogen) atoms. The maximum absolute atomic E-state index is 11.0. The minimum absolute atomic E-state index is 0.0561. The molecule has 2 N–H and O–H groups in total. The van der Waals surface area contributed by atoms with Gasteiger partial charge in [0, 0.05) is 19.3 Å². The second kappa shape index (κ2) is 6.78. The van der Waals surface area contributed by atoms with E-state index < -0.39 is 6.09 Å². The summed E-state index contributed by atoms with van der Waals surface area (Å²) in [7, 11) is 0. The van der Waals surface area contributed by atoms with E-state index in [1.165, 1.54) is 0 Å². The molecule has 5 nitrogen and oxygen atoms in total. The van der Waals surface area contributed by atoms with Crippen molar-refractivity contribution in [3.05, 3.63) is 30.1 Å². The number of ether oxygens (including phenoxy) is 1. The van der Waals surface area contributed by atoms with Crippen LogP contribution in [0, 0.1) is 0 Å². The molecule has 1 heterocycles. The lowest BCUT2D eigenvalue weighted by Crippen LogP contribution is -2.25. The first-order chi connectivity index (χ1) is 7.33. The highest BCUT2D eigenvalue weighted by Crippen LogP contribution is 1.95. The van der Waals surface area contributed by atoms with Crippen LogP contribution >= 0.6 is 0 Å². The molecule has 1 aromatic heterocycles. The maximum atomic E-state index is 11.0. The highest BCUT2D eigenvalue weighted by Gasteiger charge is 2.01. The topological polar surface area (TPSA) is 71.5 Å². The Morgan fingerprint density at radius 1 is 1.53 bits per heavy atom. The second-order valence-corrected chi connectivity index (χ2v) is 2.90. The fourth-order valence-electron chi connectivity index (χ4n) is 0.944. The summed E-state index contributed by atoms with van der Waals surface area (Å²) in [5.74, 6) is 0. The van der Waals surface area contributed by atoms with Crippen LogP contribution in [0.25, 0.3) is 0 Å². The van der Waals surface area contributed by atoms with Crippen molar-refractivity contribution >= 4 is 6.09 Å². The minimum Gasteiger partial charge on any atom is -0.443 e. The molecule has 0 spiro atoms. The lowest BCUT2D eigenvalue weighted by Gasteiger charge is -2.05. The Morgan fingerprint density at radius 2 is 2.40 bits per heavy atom. The minimum atomic E-state index is -0.492. The predicted molar refractivity (Wildman–Crippen MR) is 54.1 cm³/mol. The van der Waals surface area contributed by atoms with Crippen LogP contribution in [0.2, 0.25) is 0 Å². The molecule has 0 aliphatic heterocycles. The van der Waals surface area contributed by atoms with E-state index in [2.05, 4.69) is 10.3 Å². The summed E-state index contributed by atoms with van der Waals surface area (Å²) in [5, 5.41) is 11.0. The van der Waals surface area contributed by atoms with E-state index in [0.29, 0.717) is 18.7 Å². The van der Waals surface area contributed by atoms with E-state index in [1.807, 2.05) is 6.07 Å². The van der Waals surface area contributed by atoms with E-state index >= 15 is 0 Å². The Morgan fingerprint density at radius 3 is 3.07 bits per heavy atom. The van der Waals surface area contributed by atoms with Gasteiger partial charge in [-0.1, -0.05) is 6.07 Å². The van der Waals surface area contributed by atoms with E-state index in [-0.39, 0.29) is 13.2 Å². The number of carbonyl (C=O) groups is 1. The monoisotopic (exact) mass is 210 g/mol. The molecule has 5 heteroatoms. The number of amides is 1. The SMILES string of the molecule is O=C(NCCCO)OCc1ccccn1. The molecular weight excluding hydrogens is 196 g/mol. The summed E-state index contributed by atoms with van der Waals surface area (Å²) < 4.78 is 4.88. The molecule has 1 rings (SSSR count). The number of pyridine rings is 1. The first kappa shape index (κ1) is 11.5. The normalized spacial score (nSPS) is 9.67. The Labute approximate surface area is 88.1 Å². The lowest BCUT2D eigenvalue weighted by molar-refractivity contribution is 0.137. The zero-order valence-corrected chi connectivity index (χ0v) is 8.35. The van der Waals surface area contributed by atoms with Gasteiger partial charge in [-0.3, -0.25) is 4.98 Å². The number of nitrogens with one attached hydrogen (secondary N) is 1. The van der Waals surface area contributed by atoms with Gasteiger partial charge in [-0.2, -0.15) is 0 Å². The van der Waals surface area contributed by atoms with Crippen molar-refractivity contribution in [2.45, 2.75) is 13.0 Å². The molecule has 0 saturated carbocycles. The summed E-state index contributed by atoms with van der Waals surface area (Å²) in [6.45, 7) is 0.629. The largest absolute Gasteiger partial charge is 0.443 e. The third-order valence-corrected chi connectivity index (χ3v) is 1.68. The first-order valence-corrected chi connectivity index (χ1v) is 4.74. The third-order valence-electron chi connectivity index (χ3n) is 1.68. The highest BCUT2D eigenvalue weighted by molar-refractivity contribution is 5.66. The van der Waals surface area contributed by atoms with Crippen molar-refractivity contribution in [2.75, 3.05) is 13.2 Å². The molecule has 1 aromatic rings. The van der Waals surface area contributed by atoms with Gasteiger partial charge in [-0.15, -0.1) is 0 Å². The van der Waals surface area contributed by atoms with E-state index in [9.17, 15) is 4.79 Å². The smallest absolute Gasteiger partial charge is 0.407 e.